The van der Waals surface area contributed by atoms with Gasteiger partial charge in [0.25, 0.3) is 0 Å². The van der Waals surface area contributed by atoms with Gasteiger partial charge >= 0.3 is 11.9 Å². The van der Waals surface area contributed by atoms with E-state index in [-0.39, 0.29) is 0 Å². The van der Waals surface area contributed by atoms with Crippen LogP contribution in [0.1, 0.15) is 26.7 Å². The molecule has 0 bridgehead atoms. The summed E-state index contributed by atoms with van der Waals surface area (Å²) in [6.45, 7) is 9.10. The number of nitrogens with zero attached hydrogens (tertiary/aromatic N) is 1. The van der Waals surface area contributed by atoms with Crippen molar-refractivity contribution < 1.29 is 23.8 Å². The monoisotopic (exact) mass is 313 g/mol. The van der Waals surface area contributed by atoms with Crippen LogP contribution in [0.4, 0.5) is 0 Å². The topological polar surface area (TPSA) is 65.1 Å². The summed E-state index contributed by atoms with van der Waals surface area (Å²) in [5.41, 5.74) is 0. The number of rotatable bonds is 9. The molecule has 0 amide bonds. The van der Waals surface area contributed by atoms with Gasteiger partial charge in [-0.15, -0.1) is 0 Å². The molecule has 6 heteroatoms. The quantitative estimate of drug-likeness (QED) is 0.364. The molecule has 0 aromatic carbocycles. The van der Waals surface area contributed by atoms with Gasteiger partial charge in [-0.25, -0.2) is 9.59 Å². The summed E-state index contributed by atoms with van der Waals surface area (Å²) >= 11 is 0. The molecule has 0 atom stereocenters. The zero-order chi connectivity index (χ0) is 16.2. The fraction of sp³-hybridized carbons (Fsp3) is 0.750. The van der Waals surface area contributed by atoms with Crippen molar-refractivity contribution in [3.8, 4) is 0 Å². The lowest BCUT2D eigenvalue weighted by Gasteiger charge is -2.26. The Balaban J connectivity index is 2.04. The molecule has 126 valence electrons. The Bertz CT molecular complexity index is 362. The first-order valence-electron chi connectivity index (χ1n) is 7.89. The number of morpholine rings is 1. The lowest BCUT2D eigenvalue weighted by molar-refractivity contribution is -0.140. The molecule has 0 aliphatic carbocycles. The predicted molar refractivity (Wildman–Crippen MR) is 82.4 cm³/mol. The summed E-state index contributed by atoms with van der Waals surface area (Å²) in [4.78, 5) is 25.0. The molecule has 1 aliphatic rings. The maximum Gasteiger partial charge on any atom is 0.331 e. The van der Waals surface area contributed by atoms with Crippen molar-refractivity contribution in [2.75, 3.05) is 46.1 Å². The number of ether oxygens (including phenoxy) is 3. The number of carbonyl (C=O) groups is 2. The summed E-state index contributed by atoms with van der Waals surface area (Å²) in [6, 6.07) is 0. The molecule has 1 heterocycles. The Kier molecular flexibility index (Phi) is 9.50. The van der Waals surface area contributed by atoms with Crippen molar-refractivity contribution in [2.24, 2.45) is 5.92 Å². The lowest BCUT2D eigenvalue weighted by atomic mass is 10.1. The third-order valence-electron chi connectivity index (χ3n) is 3.26. The number of esters is 2. The van der Waals surface area contributed by atoms with Crippen molar-refractivity contribution in [2.45, 2.75) is 26.7 Å². The Morgan fingerprint density at radius 1 is 1.09 bits per heavy atom. The average Bonchev–Trinajstić information content (AvgIpc) is 2.50. The van der Waals surface area contributed by atoms with Gasteiger partial charge in [-0.05, 0) is 18.8 Å². The number of hydrogen-bond acceptors (Lipinski definition) is 6. The summed E-state index contributed by atoms with van der Waals surface area (Å²) in [5.74, 6) is -0.540. The van der Waals surface area contributed by atoms with Gasteiger partial charge in [0.15, 0.2) is 0 Å². The first-order chi connectivity index (χ1) is 10.6. The maximum atomic E-state index is 11.4. The normalized spacial score (nSPS) is 16.1. The number of hydrogen-bond donors (Lipinski definition) is 0. The molecule has 1 aliphatic heterocycles. The van der Waals surface area contributed by atoms with Gasteiger partial charge in [0.05, 0.1) is 26.4 Å². The van der Waals surface area contributed by atoms with Crippen LogP contribution < -0.4 is 0 Å². The fourth-order valence-corrected chi connectivity index (χ4v) is 1.91. The van der Waals surface area contributed by atoms with Crippen LogP contribution in [0, 0.1) is 5.92 Å². The third-order valence-corrected chi connectivity index (χ3v) is 3.26. The summed E-state index contributed by atoms with van der Waals surface area (Å²) in [7, 11) is 0. The second kappa shape index (κ2) is 11.2. The standard InChI is InChI=1S/C16H27NO5/c1-14(2)6-11-22-16(19)5-4-15(18)21-10-3-7-17-8-12-20-13-9-17/h4-5,14H,3,6-13H2,1-2H3/b5-4+. The maximum absolute atomic E-state index is 11.4. The Morgan fingerprint density at radius 3 is 2.27 bits per heavy atom. The van der Waals surface area contributed by atoms with Gasteiger partial charge in [0.2, 0.25) is 0 Å². The molecular formula is C16H27NO5. The van der Waals surface area contributed by atoms with Crippen LogP contribution in [0.25, 0.3) is 0 Å². The molecule has 0 unspecified atom stereocenters. The molecule has 6 nitrogen and oxygen atoms in total. The Morgan fingerprint density at radius 2 is 1.68 bits per heavy atom. The largest absolute Gasteiger partial charge is 0.463 e. The van der Waals surface area contributed by atoms with Crippen molar-refractivity contribution in [1.29, 1.82) is 0 Å². The highest BCUT2D eigenvalue weighted by Crippen LogP contribution is 2.00. The average molecular weight is 313 g/mol. The van der Waals surface area contributed by atoms with E-state index in [0.29, 0.717) is 19.1 Å². The van der Waals surface area contributed by atoms with Crippen LogP contribution in [-0.4, -0.2) is 62.9 Å². The van der Waals surface area contributed by atoms with Gasteiger partial charge in [-0.2, -0.15) is 0 Å². The Hall–Kier alpha value is -1.40. The first kappa shape index (κ1) is 18.6. The van der Waals surface area contributed by atoms with Crippen molar-refractivity contribution in [1.82, 2.24) is 4.90 Å². The van der Waals surface area contributed by atoms with Gasteiger partial charge in [-0.1, -0.05) is 13.8 Å². The van der Waals surface area contributed by atoms with E-state index in [0.717, 1.165) is 57.8 Å². The van der Waals surface area contributed by atoms with E-state index in [1.807, 2.05) is 0 Å². The summed E-state index contributed by atoms with van der Waals surface area (Å²) < 4.78 is 15.3. The van der Waals surface area contributed by atoms with E-state index >= 15 is 0 Å². The van der Waals surface area contributed by atoms with Gasteiger partial charge in [0, 0.05) is 31.8 Å². The zero-order valence-electron chi connectivity index (χ0n) is 13.6. The smallest absolute Gasteiger partial charge is 0.331 e. The van der Waals surface area contributed by atoms with Crippen molar-refractivity contribution in [3.63, 3.8) is 0 Å². The second-order valence-electron chi connectivity index (χ2n) is 5.66. The van der Waals surface area contributed by atoms with E-state index in [1.54, 1.807) is 0 Å². The highest BCUT2D eigenvalue weighted by Gasteiger charge is 2.09. The molecule has 22 heavy (non-hydrogen) atoms. The molecule has 0 aromatic heterocycles. The van der Waals surface area contributed by atoms with Crippen LogP contribution in [0.5, 0.6) is 0 Å². The first-order valence-corrected chi connectivity index (χ1v) is 7.89. The molecule has 0 saturated carbocycles. The lowest BCUT2D eigenvalue weighted by Crippen LogP contribution is -2.37. The minimum absolute atomic E-state index is 0.350. The van der Waals surface area contributed by atoms with Crippen molar-refractivity contribution in [3.05, 3.63) is 12.2 Å². The molecule has 1 fully saturated rings. The van der Waals surface area contributed by atoms with E-state index in [4.69, 9.17) is 14.2 Å². The van der Waals surface area contributed by atoms with Crippen LogP contribution >= 0.6 is 0 Å². The zero-order valence-corrected chi connectivity index (χ0v) is 13.6. The molecule has 0 spiro atoms. The predicted octanol–water partition coefficient (Wildman–Crippen LogP) is 1.40. The molecule has 0 N–H and O–H groups in total. The molecule has 0 aromatic rings. The van der Waals surface area contributed by atoms with Gasteiger partial charge in [0.1, 0.15) is 0 Å². The fourth-order valence-electron chi connectivity index (χ4n) is 1.91. The summed E-state index contributed by atoms with van der Waals surface area (Å²) in [5, 5.41) is 0. The van der Waals surface area contributed by atoms with Gasteiger partial charge < -0.3 is 14.2 Å². The molecule has 1 saturated heterocycles. The second-order valence-corrected chi connectivity index (χ2v) is 5.66. The molecular weight excluding hydrogens is 286 g/mol. The van der Waals surface area contributed by atoms with E-state index in [1.165, 1.54) is 0 Å². The van der Waals surface area contributed by atoms with Crippen LogP contribution in [0.3, 0.4) is 0 Å². The SMILES string of the molecule is CC(C)CCOC(=O)/C=C/C(=O)OCCCN1CCOCC1. The minimum atomic E-state index is -0.511. The van der Waals surface area contributed by atoms with E-state index in [9.17, 15) is 9.59 Å². The van der Waals surface area contributed by atoms with E-state index < -0.39 is 11.9 Å². The molecule has 0 radical (unpaired) electrons. The Labute approximate surface area is 132 Å². The summed E-state index contributed by atoms with van der Waals surface area (Å²) in [6.07, 6.45) is 3.82. The highest BCUT2D eigenvalue weighted by atomic mass is 16.5. The molecule has 1 rings (SSSR count). The van der Waals surface area contributed by atoms with Gasteiger partial charge in [-0.3, -0.25) is 4.90 Å². The van der Waals surface area contributed by atoms with Crippen molar-refractivity contribution >= 4 is 11.9 Å². The highest BCUT2D eigenvalue weighted by molar-refractivity contribution is 5.91. The third kappa shape index (κ3) is 9.52. The van der Waals surface area contributed by atoms with Crippen LogP contribution in [-0.2, 0) is 23.8 Å². The van der Waals surface area contributed by atoms with Crippen LogP contribution in [0.15, 0.2) is 12.2 Å². The minimum Gasteiger partial charge on any atom is -0.463 e. The van der Waals surface area contributed by atoms with Crippen LogP contribution in [0.2, 0.25) is 0 Å². The van der Waals surface area contributed by atoms with E-state index in [2.05, 4.69) is 18.7 Å². The number of carbonyl (C=O) groups excluding carboxylic acids is 2.